The van der Waals surface area contributed by atoms with Crippen LogP contribution in [0.15, 0.2) is 42.5 Å². The van der Waals surface area contributed by atoms with E-state index in [2.05, 4.69) is 0 Å². The molecule has 1 atom stereocenters. The molecule has 7 heteroatoms. The lowest BCUT2D eigenvalue weighted by Crippen LogP contribution is -2.39. The summed E-state index contributed by atoms with van der Waals surface area (Å²) in [5, 5.41) is 11.3. The van der Waals surface area contributed by atoms with Crippen LogP contribution in [-0.2, 0) is 11.2 Å². The smallest absolute Gasteiger partial charge is 0.312 e. The van der Waals surface area contributed by atoms with E-state index < -0.39 is 4.92 Å². The number of carbonyl (C=O) groups is 1. The zero-order valence-electron chi connectivity index (χ0n) is 12.9. The van der Waals surface area contributed by atoms with E-state index in [9.17, 15) is 14.9 Å². The quantitative estimate of drug-likeness (QED) is 0.626. The van der Waals surface area contributed by atoms with Gasteiger partial charge in [0.05, 0.1) is 4.92 Å². The number of nitro groups is 1. The molecule has 0 aromatic heterocycles. The van der Waals surface area contributed by atoms with Crippen molar-refractivity contribution in [2.45, 2.75) is 19.4 Å². The summed E-state index contributed by atoms with van der Waals surface area (Å²) in [5.41, 5.74) is 1.71. The zero-order valence-corrected chi connectivity index (χ0v) is 13.7. The second-order valence-electron chi connectivity index (χ2n) is 5.60. The minimum atomic E-state index is -0.584. The summed E-state index contributed by atoms with van der Waals surface area (Å²) in [7, 11) is 0. The molecule has 0 spiro atoms. The van der Waals surface area contributed by atoms with Gasteiger partial charge in [-0.15, -0.1) is 0 Å². The van der Waals surface area contributed by atoms with Gasteiger partial charge in [0.15, 0.2) is 12.4 Å². The molecule has 24 heavy (non-hydrogen) atoms. The molecule has 0 unspecified atom stereocenters. The summed E-state index contributed by atoms with van der Waals surface area (Å²) in [4.78, 5) is 24.7. The van der Waals surface area contributed by atoms with E-state index in [-0.39, 0.29) is 35.0 Å². The molecule has 0 fully saturated rings. The molecule has 1 aliphatic heterocycles. The van der Waals surface area contributed by atoms with Gasteiger partial charge in [0.1, 0.15) is 0 Å². The fraction of sp³-hybridized carbons (Fsp3) is 0.235. The van der Waals surface area contributed by atoms with Crippen molar-refractivity contribution in [2.24, 2.45) is 0 Å². The molecule has 0 bridgehead atoms. The molecule has 1 amide bonds. The van der Waals surface area contributed by atoms with Gasteiger partial charge >= 0.3 is 5.69 Å². The first kappa shape index (κ1) is 16.3. The van der Waals surface area contributed by atoms with Crippen LogP contribution < -0.4 is 9.64 Å². The Morgan fingerprint density at radius 3 is 2.88 bits per heavy atom. The van der Waals surface area contributed by atoms with Crippen molar-refractivity contribution in [3.05, 3.63) is 63.2 Å². The minimum absolute atomic E-state index is 0.0258. The van der Waals surface area contributed by atoms with E-state index in [4.69, 9.17) is 16.3 Å². The third kappa shape index (κ3) is 3.05. The van der Waals surface area contributed by atoms with Crippen molar-refractivity contribution in [2.75, 3.05) is 11.5 Å². The minimum Gasteiger partial charge on any atom is -0.477 e. The Bertz CT molecular complexity index is 809. The molecule has 1 heterocycles. The monoisotopic (exact) mass is 346 g/mol. The van der Waals surface area contributed by atoms with Crippen LogP contribution in [0.5, 0.6) is 5.75 Å². The van der Waals surface area contributed by atoms with Crippen LogP contribution in [0.1, 0.15) is 12.5 Å². The van der Waals surface area contributed by atoms with Gasteiger partial charge in [-0.05, 0) is 37.1 Å². The number of fused-ring (bicyclic) bond motifs is 1. The molecule has 124 valence electrons. The summed E-state index contributed by atoms with van der Waals surface area (Å²) < 4.78 is 5.40. The highest BCUT2D eigenvalue weighted by molar-refractivity contribution is 6.30. The summed E-state index contributed by atoms with van der Waals surface area (Å²) >= 11 is 5.77. The number of anilines is 1. The lowest BCUT2D eigenvalue weighted by molar-refractivity contribution is -0.385. The van der Waals surface area contributed by atoms with Crippen LogP contribution in [-0.4, -0.2) is 23.5 Å². The van der Waals surface area contributed by atoms with Gasteiger partial charge in [-0.3, -0.25) is 14.9 Å². The van der Waals surface area contributed by atoms with Gasteiger partial charge in [-0.1, -0.05) is 29.8 Å². The third-order valence-corrected chi connectivity index (χ3v) is 4.18. The fourth-order valence-corrected chi connectivity index (χ4v) is 3.08. The predicted molar refractivity (Wildman–Crippen MR) is 90.7 cm³/mol. The second-order valence-corrected chi connectivity index (χ2v) is 6.04. The summed E-state index contributed by atoms with van der Waals surface area (Å²) in [6, 6.07) is 11.8. The van der Waals surface area contributed by atoms with Crippen molar-refractivity contribution < 1.29 is 14.5 Å². The third-order valence-electron chi connectivity index (χ3n) is 3.94. The van der Waals surface area contributed by atoms with Gasteiger partial charge in [0.25, 0.3) is 5.91 Å². The van der Waals surface area contributed by atoms with Crippen molar-refractivity contribution in [1.82, 2.24) is 0 Å². The summed E-state index contributed by atoms with van der Waals surface area (Å²) in [5.74, 6) is -0.213. The predicted octanol–water partition coefficient (Wildman–Crippen LogP) is 3.60. The number of nitro benzene ring substituents is 1. The average molecular weight is 347 g/mol. The number of ether oxygens (including phenoxy) is 1. The summed E-state index contributed by atoms with van der Waals surface area (Å²) in [6.07, 6.45) is 0.781. The lowest BCUT2D eigenvalue weighted by Gasteiger charge is -2.22. The standard InChI is InChI=1S/C17H15ClN2O4/c1-11-8-12-4-2-3-5-14(12)19(11)17(21)10-24-16-7-6-13(18)9-15(16)20(22)23/h2-7,9,11H,8,10H2,1H3/t11-/m0/s1. The van der Waals surface area contributed by atoms with E-state index in [1.807, 2.05) is 31.2 Å². The number of carbonyl (C=O) groups excluding carboxylic acids is 1. The van der Waals surface area contributed by atoms with Crippen molar-refractivity contribution in [1.29, 1.82) is 0 Å². The van der Waals surface area contributed by atoms with E-state index >= 15 is 0 Å². The number of benzene rings is 2. The number of para-hydroxylation sites is 1. The largest absolute Gasteiger partial charge is 0.477 e. The van der Waals surface area contributed by atoms with E-state index in [0.717, 1.165) is 17.7 Å². The highest BCUT2D eigenvalue weighted by Crippen LogP contribution is 2.33. The van der Waals surface area contributed by atoms with Crippen molar-refractivity contribution in [3.63, 3.8) is 0 Å². The number of hydrogen-bond donors (Lipinski definition) is 0. The molecular formula is C17H15ClN2O4. The normalized spacial score (nSPS) is 15.9. The maximum absolute atomic E-state index is 12.5. The Hall–Kier alpha value is -2.60. The average Bonchev–Trinajstić information content (AvgIpc) is 2.89. The highest BCUT2D eigenvalue weighted by atomic mass is 35.5. The van der Waals surface area contributed by atoms with Gasteiger partial charge in [-0.25, -0.2) is 0 Å². The molecule has 0 saturated heterocycles. The van der Waals surface area contributed by atoms with Crippen LogP contribution >= 0.6 is 11.6 Å². The zero-order chi connectivity index (χ0) is 17.3. The van der Waals surface area contributed by atoms with Gasteiger partial charge in [0.2, 0.25) is 0 Å². The Balaban J connectivity index is 1.76. The van der Waals surface area contributed by atoms with E-state index in [1.54, 1.807) is 4.90 Å². The first-order chi connectivity index (χ1) is 11.5. The van der Waals surface area contributed by atoms with Crippen LogP contribution in [0, 0.1) is 10.1 Å². The number of hydrogen-bond acceptors (Lipinski definition) is 4. The Morgan fingerprint density at radius 1 is 1.38 bits per heavy atom. The number of nitrogens with zero attached hydrogens (tertiary/aromatic N) is 2. The van der Waals surface area contributed by atoms with Crippen LogP contribution in [0.3, 0.4) is 0 Å². The van der Waals surface area contributed by atoms with Gasteiger partial charge in [0, 0.05) is 22.8 Å². The molecule has 3 rings (SSSR count). The molecule has 0 N–H and O–H groups in total. The molecule has 2 aromatic carbocycles. The highest BCUT2D eigenvalue weighted by Gasteiger charge is 2.31. The summed E-state index contributed by atoms with van der Waals surface area (Å²) in [6.45, 7) is 1.68. The van der Waals surface area contributed by atoms with Crippen LogP contribution in [0.25, 0.3) is 0 Å². The Kier molecular flexibility index (Phi) is 4.40. The SMILES string of the molecule is C[C@H]1Cc2ccccc2N1C(=O)COc1ccc(Cl)cc1[N+](=O)[O-]. The topological polar surface area (TPSA) is 72.7 Å². The lowest BCUT2D eigenvalue weighted by atomic mass is 10.1. The number of halogens is 1. The molecule has 0 radical (unpaired) electrons. The van der Waals surface area contributed by atoms with E-state index in [1.165, 1.54) is 18.2 Å². The molecule has 0 aliphatic carbocycles. The van der Waals surface area contributed by atoms with Crippen molar-refractivity contribution >= 4 is 28.9 Å². The second kappa shape index (κ2) is 6.49. The first-order valence-electron chi connectivity index (χ1n) is 7.44. The molecule has 2 aromatic rings. The van der Waals surface area contributed by atoms with Gasteiger partial charge in [-0.2, -0.15) is 0 Å². The van der Waals surface area contributed by atoms with Crippen LogP contribution in [0.4, 0.5) is 11.4 Å². The first-order valence-corrected chi connectivity index (χ1v) is 7.82. The molecule has 1 aliphatic rings. The maximum Gasteiger partial charge on any atom is 0.312 e. The molecule has 0 saturated carbocycles. The van der Waals surface area contributed by atoms with Crippen molar-refractivity contribution in [3.8, 4) is 5.75 Å². The number of rotatable bonds is 4. The Morgan fingerprint density at radius 2 is 2.12 bits per heavy atom. The molecule has 6 nitrogen and oxygen atoms in total. The maximum atomic E-state index is 12.5. The Labute approximate surface area is 143 Å². The van der Waals surface area contributed by atoms with Gasteiger partial charge < -0.3 is 9.64 Å². The molecular weight excluding hydrogens is 332 g/mol. The fourth-order valence-electron chi connectivity index (χ4n) is 2.91. The van der Waals surface area contributed by atoms with E-state index in [0.29, 0.717) is 0 Å². The van der Waals surface area contributed by atoms with Crippen LogP contribution in [0.2, 0.25) is 5.02 Å². The number of amides is 1.